The molecule has 1 aliphatic carbocycles. The summed E-state index contributed by atoms with van der Waals surface area (Å²) in [5, 5.41) is 6.63. The second-order valence-corrected chi connectivity index (χ2v) is 6.32. The minimum absolute atomic E-state index is 0.0160. The standard InChI is InChI=1S/C17H32N4O3/c1-5-11-18-17(19-12-15(22)21(3)4)20-14-9-7-13(8-10-14)16(23)24-6-2/h13-14H,5-12H2,1-4H3,(H2,18,19,20). The molecular weight excluding hydrogens is 308 g/mol. The Kier molecular flexibility index (Phi) is 9.19. The lowest BCUT2D eigenvalue weighted by molar-refractivity contribution is -0.149. The van der Waals surface area contributed by atoms with Crippen LogP contribution in [0.4, 0.5) is 0 Å². The van der Waals surface area contributed by atoms with Gasteiger partial charge in [-0.05, 0) is 39.0 Å². The van der Waals surface area contributed by atoms with Gasteiger partial charge in [-0.3, -0.25) is 9.59 Å². The van der Waals surface area contributed by atoms with E-state index in [4.69, 9.17) is 4.74 Å². The molecule has 0 radical (unpaired) electrons. The van der Waals surface area contributed by atoms with E-state index in [1.807, 2.05) is 6.92 Å². The van der Waals surface area contributed by atoms with Gasteiger partial charge in [0, 0.05) is 26.7 Å². The fraction of sp³-hybridized carbons (Fsp3) is 0.824. The zero-order valence-corrected chi connectivity index (χ0v) is 15.4. The van der Waals surface area contributed by atoms with Crippen molar-refractivity contribution in [2.75, 3.05) is 33.8 Å². The van der Waals surface area contributed by atoms with Crippen LogP contribution in [0.25, 0.3) is 0 Å². The van der Waals surface area contributed by atoms with E-state index in [2.05, 4.69) is 22.5 Å². The number of carbonyl (C=O) groups is 2. The molecule has 1 amide bonds. The summed E-state index contributed by atoms with van der Waals surface area (Å²) in [7, 11) is 3.45. The lowest BCUT2D eigenvalue weighted by atomic mass is 9.86. The molecule has 0 atom stereocenters. The Bertz CT molecular complexity index is 430. The van der Waals surface area contributed by atoms with Gasteiger partial charge in [0.2, 0.25) is 5.91 Å². The maximum absolute atomic E-state index is 11.8. The van der Waals surface area contributed by atoms with Crippen LogP contribution >= 0.6 is 0 Å². The van der Waals surface area contributed by atoms with Crippen LogP contribution in [0.5, 0.6) is 0 Å². The van der Waals surface area contributed by atoms with Gasteiger partial charge in [0.1, 0.15) is 6.54 Å². The SMILES string of the molecule is CCCNC(=NCC(=O)N(C)C)NC1CCC(C(=O)OCC)CC1. The van der Waals surface area contributed by atoms with E-state index in [1.54, 1.807) is 14.1 Å². The quantitative estimate of drug-likeness (QED) is 0.413. The van der Waals surface area contributed by atoms with Gasteiger partial charge in [0.15, 0.2) is 5.96 Å². The van der Waals surface area contributed by atoms with Crippen LogP contribution in [-0.4, -0.2) is 62.6 Å². The van der Waals surface area contributed by atoms with Gasteiger partial charge in [-0.1, -0.05) is 6.92 Å². The van der Waals surface area contributed by atoms with Crippen molar-refractivity contribution in [3.63, 3.8) is 0 Å². The average Bonchev–Trinajstić information content (AvgIpc) is 2.57. The van der Waals surface area contributed by atoms with Crippen molar-refractivity contribution in [3.05, 3.63) is 0 Å². The van der Waals surface area contributed by atoms with Crippen LogP contribution in [0.15, 0.2) is 4.99 Å². The van der Waals surface area contributed by atoms with Gasteiger partial charge in [-0.25, -0.2) is 4.99 Å². The molecule has 0 aromatic carbocycles. The summed E-state index contributed by atoms with van der Waals surface area (Å²) in [5.41, 5.74) is 0. The molecule has 24 heavy (non-hydrogen) atoms. The molecule has 7 nitrogen and oxygen atoms in total. The molecule has 1 aliphatic rings. The number of ether oxygens (including phenoxy) is 1. The zero-order valence-electron chi connectivity index (χ0n) is 15.4. The highest BCUT2D eigenvalue weighted by Crippen LogP contribution is 2.25. The maximum Gasteiger partial charge on any atom is 0.308 e. The summed E-state index contributed by atoms with van der Waals surface area (Å²) < 4.78 is 5.10. The molecule has 0 saturated heterocycles. The third-order valence-electron chi connectivity index (χ3n) is 4.10. The summed E-state index contributed by atoms with van der Waals surface area (Å²) in [5.74, 6) is 0.582. The number of hydrogen-bond donors (Lipinski definition) is 2. The molecule has 1 fully saturated rings. The molecule has 0 unspecified atom stereocenters. The van der Waals surface area contributed by atoms with E-state index in [1.165, 1.54) is 4.90 Å². The number of rotatable bonds is 7. The predicted molar refractivity (Wildman–Crippen MR) is 94.8 cm³/mol. The first-order chi connectivity index (χ1) is 11.5. The number of amides is 1. The molecule has 7 heteroatoms. The number of nitrogens with one attached hydrogen (secondary N) is 2. The van der Waals surface area contributed by atoms with Gasteiger partial charge < -0.3 is 20.3 Å². The van der Waals surface area contributed by atoms with Crippen LogP contribution in [0, 0.1) is 5.92 Å². The topological polar surface area (TPSA) is 83.0 Å². The van der Waals surface area contributed by atoms with E-state index >= 15 is 0 Å². The molecule has 0 aliphatic heterocycles. The van der Waals surface area contributed by atoms with E-state index in [0.717, 1.165) is 38.6 Å². The Labute approximate surface area is 145 Å². The minimum Gasteiger partial charge on any atom is -0.466 e. The van der Waals surface area contributed by atoms with Crippen molar-refractivity contribution in [2.45, 2.75) is 52.0 Å². The highest BCUT2D eigenvalue weighted by Gasteiger charge is 2.27. The van der Waals surface area contributed by atoms with Crippen LogP contribution in [0.2, 0.25) is 0 Å². The second kappa shape index (κ2) is 10.9. The molecule has 0 aromatic heterocycles. The second-order valence-electron chi connectivity index (χ2n) is 6.32. The minimum atomic E-state index is -0.0782. The number of aliphatic imine (C=N–C) groups is 1. The number of nitrogens with zero attached hydrogens (tertiary/aromatic N) is 2. The molecule has 0 spiro atoms. The third kappa shape index (κ3) is 7.19. The Balaban J connectivity index is 2.51. The van der Waals surface area contributed by atoms with Crippen molar-refractivity contribution >= 4 is 17.8 Å². The van der Waals surface area contributed by atoms with Crippen LogP contribution in [0.3, 0.4) is 0 Å². The van der Waals surface area contributed by atoms with Gasteiger partial charge in [0.05, 0.1) is 12.5 Å². The average molecular weight is 340 g/mol. The predicted octanol–water partition coefficient (Wildman–Crippen LogP) is 1.14. The van der Waals surface area contributed by atoms with Crippen molar-refractivity contribution in [3.8, 4) is 0 Å². The first-order valence-electron chi connectivity index (χ1n) is 8.89. The normalized spacial score (nSPS) is 21.1. The summed E-state index contributed by atoms with van der Waals surface area (Å²) in [6.07, 6.45) is 4.44. The Morgan fingerprint density at radius 3 is 2.38 bits per heavy atom. The molecule has 1 rings (SSSR count). The fourth-order valence-electron chi connectivity index (χ4n) is 2.61. The third-order valence-corrected chi connectivity index (χ3v) is 4.10. The van der Waals surface area contributed by atoms with Gasteiger partial charge in [0.25, 0.3) is 0 Å². The lowest BCUT2D eigenvalue weighted by Crippen LogP contribution is -2.46. The van der Waals surface area contributed by atoms with Crippen molar-refractivity contribution < 1.29 is 14.3 Å². The van der Waals surface area contributed by atoms with Gasteiger partial charge >= 0.3 is 5.97 Å². The number of esters is 1. The highest BCUT2D eigenvalue weighted by molar-refractivity contribution is 5.85. The molecule has 138 valence electrons. The maximum atomic E-state index is 11.8. The van der Waals surface area contributed by atoms with E-state index < -0.39 is 0 Å². The van der Waals surface area contributed by atoms with Gasteiger partial charge in [-0.15, -0.1) is 0 Å². The Hall–Kier alpha value is -1.79. The summed E-state index contributed by atoms with van der Waals surface area (Å²) in [6, 6.07) is 0.272. The number of guanidine groups is 1. The highest BCUT2D eigenvalue weighted by atomic mass is 16.5. The molecule has 2 N–H and O–H groups in total. The van der Waals surface area contributed by atoms with E-state index in [-0.39, 0.29) is 30.4 Å². The van der Waals surface area contributed by atoms with Crippen LogP contribution < -0.4 is 10.6 Å². The largest absolute Gasteiger partial charge is 0.466 e. The molecule has 0 aromatic rings. The number of carbonyl (C=O) groups excluding carboxylic acids is 2. The lowest BCUT2D eigenvalue weighted by Gasteiger charge is -2.29. The Morgan fingerprint density at radius 2 is 1.83 bits per heavy atom. The van der Waals surface area contributed by atoms with Crippen LogP contribution in [-0.2, 0) is 14.3 Å². The van der Waals surface area contributed by atoms with Crippen molar-refractivity contribution in [1.29, 1.82) is 0 Å². The molecular formula is C17H32N4O3. The first-order valence-corrected chi connectivity index (χ1v) is 8.89. The molecule has 0 bridgehead atoms. The molecule has 1 saturated carbocycles. The van der Waals surface area contributed by atoms with Crippen molar-refractivity contribution in [1.82, 2.24) is 15.5 Å². The molecule has 0 heterocycles. The zero-order chi connectivity index (χ0) is 17.9. The first kappa shape index (κ1) is 20.3. The van der Waals surface area contributed by atoms with E-state index in [9.17, 15) is 9.59 Å². The summed E-state index contributed by atoms with van der Waals surface area (Å²) >= 11 is 0. The smallest absolute Gasteiger partial charge is 0.308 e. The van der Waals surface area contributed by atoms with Crippen LogP contribution in [0.1, 0.15) is 46.0 Å². The summed E-state index contributed by atoms with van der Waals surface area (Å²) in [4.78, 5) is 29.4. The fourth-order valence-corrected chi connectivity index (χ4v) is 2.61. The van der Waals surface area contributed by atoms with Gasteiger partial charge in [-0.2, -0.15) is 0 Å². The summed E-state index contributed by atoms with van der Waals surface area (Å²) in [6.45, 7) is 5.29. The van der Waals surface area contributed by atoms with E-state index in [0.29, 0.717) is 12.6 Å². The van der Waals surface area contributed by atoms with Crippen molar-refractivity contribution in [2.24, 2.45) is 10.9 Å². The Morgan fingerprint density at radius 1 is 1.17 bits per heavy atom. The number of hydrogen-bond acceptors (Lipinski definition) is 4. The monoisotopic (exact) mass is 340 g/mol. The number of likely N-dealkylation sites (N-methyl/N-ethyl adjacent to an activating group) is 1.